The van der Waals surface area contributed by atoms with Gasteiger partial charge in [-0.25, -0.2) is 19.0 Å². The van der Waals surface area contributed by atoms with E-state index < -0.39 is 18.1 Å². The average Bonchev–Trinajstić information content (AvgIpc) is 3.05. The minimum atomic E-state index is -0.866. The Balaban J connectivity index is 2.18. The molecule has 0 aromatic carbocycles. The second kappa shape index (κ2) is 7.99. The topological polar surface area (TPSA) is 88.2 Å². The Morgan fingerprint density at radius 2 is 1.46 bits per heavy atom. The summed E-state index contributed by atoms with van der Waals surface area (Å²) in [6.07, 6.45) is -0.866. The van der Waals surface area contributed by atoms with Crippen LogP contribution in [0.2, 0.25) is 0 Å². The maximum absolute atomic E-state index is 12.7. The van der Waals surface area contributed by atoms with Crippen molar-refractivity contribution in [3.05, 3.63) is 47.1 Å². The van der Waals surface area contributed by atoms with Gasteiger partial charge >= 0.3 is 11.9 Å². The van der Waals surface area contributed by atoms with E-state index in [-0.39, 0.29) is 13.2 Å². The van der Waals surface area contributed by atoms with Crippen molar-refractivity contribution >= 4 is 11.9 Å². The van der Waals surface area contributed by atoms with Crippen molar-refractivity contribution in [2.24, 2.45) is 0 Å². The summed E-state index contributed by atoms with van der Waals surface area (Å²) in [6.45, 7) is 12.4. The van der Waals surface area contributed by atoms with Crippen LogP contribution in [-0.4, -0.2) is 44.7 Å². The fourth-order valence-electron chi connectivity index (χ4n) is 2.57. The number of hydrogen-bond donors (Lipinski definition) is 0. The maximum atomic E-state index is 12.7. The van der Waals surface area contributed by atoms with Gasteiger partial charge < -0.3 is 9.47 Å². The van der Waals surface area contributed by atoms with E-state index in [0.29, 0.717) is 5.57 Å². The lowest BCUT2D eigenvalue weighted by atomic mass is 10.3. The van der Waals surface area contributed by atoms with Gasteiger partial charge in [0.1, 0.15) is 13.2 Å². The van der Waals surface area contributed by atoms with E-state index in [2.05, 4.69) is 16.8 Å². The number of rotatable bonds is 7. The molecule has 0 atom stereocenters. The van der Waals surface area contributed by atoms with Crippen LogP contribution in [0.5, 0.6) is 0 Å². The van der Waals surface area contributed by atoms with Gasteiger partial charge in [-0.3, -0.25) is 0 Å². The van der Waals surface area contributed by atoms with Gasteiger partial charge in [0.15, 0.2) is 0 Å². The fraction of sp³-hybridized carbons (Fsp3) is 0.444. The number of esters is 2. The molecule has 0 N–H and O–H groups in total. The van der Waals surface area contributed by atoms with E-state index in [9.17, 15) is 9.59 Å². The molecular formula is C18H24N4O4. The summed E-state index contributed by atoms with van der Waals surface area (Å²) in [6, 6.07) is 3.75. The van der Waals surface area contributed by atoms with E-state index in [1.165, 1.54) is 0 Å². The van der Waals surface area contributed by atoms with Crippen LogP contribution in [0.1, 0.15) is 35.9 Å². The second-order valence-electron chi connectivity index (χ2n) is 6.20. The van der Waals surface area contributed by atoms with Gasteiger partial charge in [0.05, 0.1) is 11.4 Å². The molecule has 140 valence electrons. The highest BCUT2D eigenvalue weighted by Gasteiger charge is 2.28. The fourth-order valence-corrected chi connectivity index (χ4v) is 2.57. The molecular weight excluding hydrogens is 336 g/mol. The van der Waals surface area contributed by atoms with Gasteiger partial charge in [-0.1, -0.05) is 6.58 Å². The SMILES string of the molecule is C=C(C)C(=O)OCCOC(=O)C(n1nc(C)cc1C)n1nc(C)cc1C. The lowest BCUT2D eigenvalue weighted by Crippen LogP contribution is -2.32. The Kier molecular flexibility index (Phi) is 5.97. The van der Waals surface area contributed by atoms with E-state index in [4.69, 9.17) is 9.47 Å². The van der Waals surface area contributed by atoms with Crippen LogP contribution in [0.15, 0.2) is 24.3 Å². The molecule has 8 nitrogen and oxygen atoms in total. The summed E-state index contributed by atoms with van der Waals surface area (Å²) >= 11 is 0. The maximum Gasteiger partial charge on any atom is 0.353 e. The highest BCUT2D eigenvalue weighted by molar-refractivity contribution is 5.86. The number of aromatic nitrogens is 4. The third-order valence-electron chi connectivity index (χ3n) is 3.67. The molecule has 2 heterocycles. The van der Waals surface area contributed by atoms with Crippen LogP contribution in [0.4, 0.5) is 0 Å². The zero-order valence-corrected chi connectivity index (χ0v) is 15.8. The van der Waals surface area contributed by atoms with Gasteiger partial charge in [0, 0.05) is 17.0 Å². The molecule has 0 bridgehead atoms. The summed E-state index contributed by atoms with van der Waals surface area (Å²) in [5, 5.41) is 8.79. The molecule has 0 aliphatic carbocycles. The zero-order chi connectivity index (χ0) is 19.4. The smallest absolute Gasteiger partial charge is 0.353 e. The van der Waals surface area contributed by atoms with Crippen molar-refractivity contribution < 1.29 is 19.1 Å². The summed E-state index contributed by atoms with van der Waals surface area (Å²) in [7, 11) is 0. The molecule has 2 aromatic heterocycles. The Morgan fingerprint density at radius 1 is 1.00 bits per heavy atom. The Bertz CT molecular complexity index is 788. The number of carbonyl (C=O) groups excluding carboxylic acids is 2. The quantitative estimate of drug-likeness (QED) is 0.426. The molecule has 2 rings (SSSR count). The molecule has 0 spiro atoms. The molecule has 0 fully saturated rings. The van der Waals surface area contributed by atoms with Crippen molar-refractivity contribution in [1.29, 1.82) is 0 Å². The van der Waals surface area contributed by atoms with Gasteiger partial charge in [-0.2, -0.15) is 10.2 Å². The average molecular weight is 360 g/mol. The van der Waals surface area contributed by atoms with Crippen molar-refractivity contribution in [2.45, 2.75) is 40.8 Å². The first-order valence-corrected chi connectivity index (χ1v) is 8.25. The molecule has 0 saturated carbocycles. The molecule has 26 heavy (non-hydrogen) atoms. The minimum absolute atomic E-state index is 0.0433. The lowest BCUT2D eigenvalue weighted by molar-refractivity contribution is -0.154. The molecule has 0 saturated heterocycles. The third kappa shape index (κ3) is 4.38. The first-order chi connectivity index (χ1) is 12.2. The van der Waals surface area contributed by atoms with Gasteiger partial charge in [0.25, 0.3) is 0 Å². The van der Waals surface area contributed by atoms with Crippen molar-refractivity contribution in [1.82, 2.24) is 19.6 Å². The first-order valence-electron chi connectivity index (χ1n) is 8.25. The summed E-state index contributed by atoms with van der Waals surface area (Å²) < 4.78 is 13.4. The predicted octanol–water partition coefficient (Wildman–Crippen LogP) is 2.02. The van der Waals surface area contributed by atoms with E-state index in [0.717, 1.165) is 22.8 Å². The van der Waals surface area contributed by atoms with Gasteiger partial charge in [-0.05, 0) is 46.8 Å². The van der Waals surface area contributed by atoms with Crippen LogP contribution in [0.25, 0.3) is 0 Å². The van der Waals surface area contributed by atoms with Crippen LogP contribution < -0.4 is 0 Å². The second-order valence-corrected chi connectivity index (χ2v) is 6.20. The molecule has 2 aromatic rings. The summed E-state index contributed by atoms with van der Waals surface area (Å²) in [5.41, 5.74) is 3.49. The summed E-state index contributed by atoms with van der Waals surface area (Å²) in [5.74, 6) is -1.05. The Hall–Kier alpha value is -2.90. The molecule has 0 unspecified atom stereocenters. The molecule has 0 amide bonds. The normalized spacial score (nSPS) is 10.8. The largest absolute Gasteiger partial charge is 0.459 e. The number of hydrogen-bond acceptors (Lipinski definition) is 6. The number of aryl methyl sites for hydroxylation is 4. The van der Waals surface area contributed by atoms with Crippen LogP contribution in [-0.2, 0) is 19.1 Å². The lowest BCUT2D eigenvalue weighted by Gasteiger charge is -2.20. The van der Waals surface area contributed by atoms with Gasteiger partial charge in [0.2, 0.25) is 6.17 Å². The predicted molar refractivity (Wildman–Crippen MR) is 94.6 cm³/mol. The number of carbonyl (C=O) groups is 2. The minimum Gasteiger partial charge on any atom is -0.459 e. The van der Waals surface area contributed by atoms with E-state index >= 15 is 0 Å². The van der Waals surface area contributed by atoms with Crippen LogP contribution in [0, 0.1) is 27.7 Å². The summed E-state index contributed by atoms with van der Waals surface area (Å²) in [4.78, 5) is 24.1. The Morgan fingerprint density at radius 3 is 1.85 bits per heavy atom. The monoisotopic (exact) mass is 360 g/mol. The number of ether oxygens (including phenoxy) is 2. The Labute approximate surface area is 152 Å². The van der Waals surface area contributed by atoms with Crippen LogP contribution in [0.3, 0.4) is 0 Å². The van der Waals surface area contributed by atoms with Crippen molar-refractivity contribution in [3.8, 4) is 0 Å². The van der Waals surface area contributed by atoms with Gasteiger partial charge in [-0.15, -0.1) is 0 Å². The van der Waals surface area contributed by atoms with Crippen molar-refractivity contribution in [2.75, 3.05) is 13.2 Å². The molecule has 0 aliphatic rings. The zero-order valence-electron chi connectivity index (χ0n) is 15.8. The van der Waals surface area contributed by atoms with E-state index in [1.54, 1.807) is 16.3 Å². The number of nitrogens with zero attached hydrogens (tertiary/aromatic N) is 4. The van der Waals surface area contributed by atoms with Crippen LogP contribution >= 0.6 is 0 Å². The third-order valence-corrected chi connectivity index (χ3v) is 3.67. The molecule has 0 radical (unpaired) electrons. The standard InChI is InChI=1S/C18H24N4O4/c1-11(2)17(23)25-7-8-26-18(24)16(21-14(5)9-12(3)19-21)22-15(6)10-13(4)20-22/h9-10,16H,1,7-8H2,2-6H3. The highest BCUT2D eigenvalue weighted by Crippen LogP contribution is 2.18. The molecule has 0 aliphatic heterocycles. The molecule has 8 heteroatoms. The van der Waals surface area contributed by atoms with Crippen molar-refractivity contribution in [3.63, 3.8) is 0 Å². The highest BCUT2D eigenvalue weighted by atomic mass is 16.6. The van der Waals surface area contributed by atoms with E-state index in [1.807, 2.05) is 39.8 Å². The first kappa shape index (κ1) is 19.4.